The van der Waals surface area contributed by atoms with Crippen LogP contribution in [0.5, 0.6) is 0 Å². The van der Waals surface area contributed by atoms with E-state index in [0.717, 1.165) is 32.1 Å². The molecule has 5 nitrogen and oxygen atoms in total. The Hall–Kier alpha value is -3.51. The smallest absolute Gasteiger partial charge is 0.270 e. The predicted octanol–water partition coefficient (Wildman–Crippen LogP) is 1.66. The van der Waals surface area contributed by atoms with Gasteiger partial charge in [-0.2, -0.15) is 0 Å². The molecule has 0 aliphatic carbocycles. The first kappa shape index (κ1) is 17.9. The molecule has 28 heavy (non-hydrogen) atoms. The molecule has 3 aromatic rings. The summed E-state index contributed by atoms with van der Waals surface area (Å²) in [6.45, 7) is 1.95. The van der Waals surface area contributed by atoms with Gasteiger partial charge in [0, 0.05) is 24.2 Å². The average Bonchev–Trinajstić information content (AvgIpc) is 2.74. The molecule has 0 bridgehead atoms. The van der Waals surface area contributed by atoms with Crippen molar-refractivity contribution in [2.45, 2.75) is 13.1 Å². The second kappa shape index (κ2) is 7.25. The van der Waals surface area contributed by atoms with Gasteiger partial charge < -0.3 is 5.32 Å². The van der Waals surface area contributed by atoms with Crippen LogP contribution in [0.1, 0.15) is 15.9 Å². The molecular formula is C22H19FN4O. The zero-order chi connectivity index (χ0) is 19.7. The summed E-state index contributed by atoms with van der Waals surface area (Å²) < 4.78 is 13.6. The number of rotatable bonds is 3. The maximum Gasteiger partial charge on any atom is 0.270 e. The Morgan fingerprint density at radius 3 is 2.68 bits per heavy atom. The second-order valence-electron chi connectivity index (χ2n) is 6.67. The van der Waals surface area contributed by atoms with E-state index < -0.39 is 6.17 Å². The molecule has 1 aromatic heterocycles. The number of nitrogens with zero attached hydrogens (tertiary/aromatic N) is 2. The number of amides is 1. The van der Waals surface area contributed by atoms with Crippen molar-refractivity contribution in [3.63, 3.8) is 0 Å². The van der Waals surface area contributed by atoms with Gasteiger partial charge in [0.1, 0.15) is 12.0 Å². The molecule has 1 unspecified atom stereocenters. The van der Waals surface area contributed by atoms with E-state index in [9.17, 15) is 9.18 Å². The van der Waals surface area contributed by atoms with Crippen LogP contribution in [0.25, 0.3) is 23.4 Å². The third-order valence-electron chi connectivity index (χ3n) is 4.81. The number of halogens is 1. The van der Waals surface area contributed by atoms with Crippen molar-refractivity contribution in [1.82, 2.24) is 15.3 Å². The number of hydrogen-bond donors (Lipinski definition) is 2. The highest BCUT2D eigenvalue weighted by Gasteiger charge is 2.20. The van der Waals surface area contributed by atoms with Crippen LogP contribution in [0, 0.1) is 12.7 Å². The Morgan fingerprint density at radius 1 is 1.11 bits per heavy atom. The van der Waals surface area contributed by atoms with Gasteiger partial charge in [-0.25, -0.2) is 10.2 Å². The summed E-state index contributed by atoms with van der Waals surface area (Å²) in [7, 11) is 0. The molecular weight excluding hydrogens is 355 g/mol. The number of nitrogens with one attached hydrogen (secondary N) is 1. The quantitative estimate of drug-likeness (QED) is 0.416. The number of carbonyl (C=O) groups excluding carboxylic acids is 1. The molecule has 4 rings (SSSR count). The molecule has 6 heteroatoms. The van der Waals surface area contributed by atoms with E-state index in [-0.39, 0.29) is 11.7 Å². The number of fused-ring (bicyclic) bond motifs is 1. The molecule has 0 saturated carbocycles. The van der Waals surface area contributed by atoms with E-state index >= 15 is 0 Å². The molecule has 1 amide bonds. The molecule has 0 saturated heterocycles. The van der Waals surface area contributed by atoms with E-state index in [1.807, 2.05) is 37.4 Å². The molecule has 1 aliphatic rings. The number of hydrogen-bond acceptors (Lipinski definition) is 4. The van der Waals surface area contributed by atoms with Gasteiger partial charge in [-0.05, 0) is 70.5 Å². The molecule has 0 fully saturated rings. The number of nitrogens with two attached hydrogens (primary N) is 1. The third-order valence-corrected chi connectivity index (χ3v) is 4.81. The number of aromatic nitrogens is 1. The van der Waals surface area contributed by atoms with Crippen LogP contribution in [0.2, 0.25) is 0 Å². The number of aryl methyl sites for hydroxylation is 1. The van der Waals surface area contributed by atoms with Crippen molar-refractivity contribution >= 4 is 18.2 Å². The lowest BCUT2D eigenvalue weighted by Gasteiger charge is -2.27. The Balaban J connectivity index is 1.65. The zero-order valence-corrected chi connectivity index (χ0v) is 15.3. The monoisotopic (exact) mass is 374 g/mol. The van der Waals surface area contributed by atoms with Gasteiger partial charge in [-0.3, -0.25) is 14.8 Å². The third kappa shape index (κ3) is 3.37. The summed E-state index contributed by atoms with van der Waals surface area (Å²) in [6, 6.07) is 13.9. The Kier molecular flexibility index (Phi) is 4.63. The van der Waals surface area contributed by atoms with Crippen molar-refractivity contribution in [3.8, 4) is 11.1 Å². The van der Waals surface area contributed by atoms with E-state index in [1.54, 1.807) is 30.6 Å². The minimum absolute atomic E-state index is 0.263. The predicted molar refractivity (Wildman–Crippen MR) is 106 cm³/mol. The Morgan fingerprint density at radius 2 is 1.89 bits per heavy atom. The maximum atomic E-state index is 13.6. The van der Waals surface area contributed by atoms with Gasteiger partial charge in [0.15, 0.2) is 0 Å². The van der Waals surface area contributed by atoms with Gasteiger partial charge in [0.25, 0.3) is 5.91 Å². The van der Waals surface area contributed by atoms with Crippen LogP contribution in [-0.2, 0) is 0 Å². The van der Waals surface area contributed by atoms with Crippen molar-refractivity contribution in [2.75, 3.05) is 0 Å². The minimum atomic E-state index is -0.477. The van der Waals surface area contributed by atoms with E-state index in [1.165, 1.54) is 12.1 Å². The van der Waals surface area contributed by atoms with E-state index in [2.05, 4.69) is 10.3 Å². The highest BCUT2D eigenvalue weighted by molar-refractivity contribution is 5.94. The van der Waals surface area contributed by atoms with E-state index in [4.69, 9.17) is 5.84 Å². The standard InChI is InChI=1S/C22H19FN4O/c1-14-2-5-19(23)12-20(14)17-4-3-16-11-21(26-13-18(16)10-17)27(24)22(28)15-6-8-25-9-7-15/h2-13,21,26H,24H2,1H3. The number of hydrazine groups is 1. The summed E-state index contributed by atoms with van der Waals surface area (Å²) in [4.78, 5) is 16.4. The van der Waals surface area contributed by atoms with Crippen LogP contribution < -0.4 is 21.6 Å². The fourth-order valence-corrected chi connectivity index (χ4v) is 3.25. The van der Waals surface area contributed by atoms with Crippen molar-refractivity contribution in [2.24, 2.45) is 5.84 Å². The summed E-state index contributed by atoms with van der Waals surface area (Å²) in [5, 5.41) is 6.18. The topological polar surface area (TPSA) is 71.2 Å². The molecule has 3 N–H and O–H groups in total. The summed E-state index contributed by atoms with van der Waals surface area (Å²) in [5.41, 5.74) is 3.25. The van der Waals surface area contributed by atoms with Crippen LogP contribution in [0.3, 0.4) is 0 Å². The first-order chi connectivity index (χ1) is 13.5. The van der Waals surface area contributed by atoms with Crippen LogP contribution >= 0.6 is 0 Å². The lowest BCUT2D eigenvalue weighted by molar-refractivity contribution is 0.0711. The number of benzene rings is 2. The SMILES string of the molecule is Cc1ccc(F)cc1-c1ccc2c(c1)=CNC(N(N)C(=O)c1ccncc1)C=2. The van der Waals surface area contributed by atoms with Gasteiger partial charge in [-0.15, -0.1) is 0 Å². The van der Waals surface area contributed by atoms with E-state index in [0.29, 0.717) is 5.56 Å². The van der Waals surface area contributed by atoms with Crippen LogP contribution in [0.4, 0.5) is 4.39 Å². The van der Waals surface area contributed by atoms with Gasteiger partial charge in [0.2, 0.25) is 0 Å². The molecule has 0 spiro atoms. The van der Waals surface area contributed by atoms with Gasteiger partial charge in [0.05, 0.1) is 0 Å². The number of pyridine rings is 1. The molecule has 2 heterocycles. The summed E-state index contributed by atoms with van der Waals surface area (Å²) in [5.74, 6) is 5.48. The van der Waals surface area contributed by atoms with Crippen LogP contribution in [-0.4, -0.2) is 22.1 Å². The van der Waals surface area contributed by atoms with Crippen molar-refractivity contribution in [3.05, 3.63) is 88.3 Å². The Labute approximate surface area is 161 Å². The Bertz CT molecular complexity index is 1160. The molecule has 2 aromatic carbocycles. The largest absolute Gasteiger partial charge is 0.366 e. The fraction of sp³-hybridized carbons (Fsp3) is 0.0909. The summed E-state index contributed by atoms with van der Waals surface area (Å²) in [6.07, 6.45) is 6.33. The minimum Gasteiger partial charge on any atom is -0.366 e. The molecule has 140 valence electrons. The second-order valence-corrected chi connectivity index (χ2v) is 6.67. The number of carbonyl (C=O) groups is 1. The van der Waals surface area contributed by atoms with Crippen molar-refractivity contribution < 1.29 is 9.18 Å². The first-order valence-electron chi connectivity index (χ1n) is 8.86. The lowest BCUT2D eigenvalue weighted by atomic mass is 9.99. The van der Waals surface area contributed by atoms with Gasteiger partial charge in [-0.1, -0.05) is 18.2 Å². The average molecular weight is 374 g/mol. The van der Waals surface area contributed by atoms with Gasteiger partial charge >= 0.3 is 0 Å². The molecule has 1 aliphatic heterocycles. The lowest BCUT2D eigenvalue weighted by Crippen LogP contribution is -2.53. The fourth-order valence-electron chi connectivity index (χ4n) is 3.25. The summed E-state index contributed by atoms with van der Waals surface area (Å²) >= 11 is 0. The zero-order valence-electron chi connectivity index (χ0n) is 15.3. The maximum absolute atomic E-state index is 13.6. The van der Waals surface area contributed by atoms with Crippen LogP contribution in [0.15, 0.2) is 60.9 Å². The highest BCUT2D eigenvalue weighted by Crippen LogP contribution is 2.22. The van der Waals surface area contributed by atoms with Crippen molar-refractivity contribution in [1.29, 1.82) is 0 Å². The molecule has 0 radical (unpaired) electrons. The first-order valence-corrected chi connectivity index (χ1v) is 8.86. The highest BCUT2D eigenvalue weighted by atomic mass is 19.1. The molecule has 1 atom stereocenters. The normalized spacial score (nSPS) is 14.9.